The summed E-state index contributed by atoms with van der Waals surface area (Å²) in [6.45, 7) is 15.1. The second kappa shape index (κ2) is 9.28. The number of rotatable bonds is 10. The van der Waals surface area contributed by atoms with Crippen LogP contribution in [0.5, 0.6) is 0 Å². The number of nitrogens with zero attached hydrogens (tertiary/aromatic N) is 3. The van der Waals surface area contributed by atoms with Gasteiger partial charge in [0.2, 0.25) is 0 Å². The summed E-state index contributed by atoms with van der Waals surface area (Å²) in [6, 6.07) is 0. The van der Waals surface area contributed by atoms with Gasteiger partial charge >= 0.3 is 0 Å². The average Bonchev–Trinajstić information content (AvgIpc) is 2.85. The maximum Gasteiger partial charge on any atom is 0.140 e. The van der Waals surface area contributed by atoms with Crippen molar-refractivity contribution in [2.24, 2.45) is 10.8 Å². The predicted octanol–water partition coefficient (Wildman–Crippen LogP) is 2.91. The van der Waals surface area contributed by atoms with Crippen LogP contribution in [0.2, 0.25) is 0 Å². The predicted molar refractivity (Wildman–Crippen MR) is 93.9 cm³/mol. The minimum atomic E-state index is -0.289. The van der Waals surface area contributed by atoms with Crippen molar-refractivity contribution < 1.29 is 14.3 Å². The summed E-state index contributed by atoms with van der Waals surface area (Å²) in [6.07, 6.45) is 3.21. The van der Waals surface area contributed by atoms with E-state index in [-0.39, 0.29) is 16.6 Å². The summed E-state index contributed by atoms with van der Waals surface area (Å²) < 4.78 is 12.9. The van der Waals surface area contributed by atoms with E-state index in [2.05, 4.69) is 31.1 Å². The lowest BCUT2D eigenvalue weighted by Crippen LogP contribution is -2.22. The van der Waals surface area contributed by atoms with Gasteiger partial charge in [0.1, 0.15) is 5.78 Å². The SMILES string of the molecule is CC(C)(C)Cc1cnnn1CCOCCOCCC(=O)C(C)(C)C. The fourth-order valence-electron chi connectivity index (χ4n) is 2.16. The highest BCUT2D eigenvalue weighted by molar-refractivity contribution is 5.83. The maximum absolute atomic E-state index is 11.7. The van der Waals surface area contributed by atoms with Gasteiger partial charge in [0.15, 0.2) is 0 Å². The van der Waals surface area contributed by atoms with Crippen molar-refractivity contribution in [1.29, 1.82) is 0 Å². The van der Waals surface area contributed by atoms with E-state index in [9.17, 15) is 4.79 Å². The largest absolute Gasteiger partial charge is 0.379 e. The number of aromatic nitrogens is 3. The molecule has 0 atom stereocenters. The molecule has 0 N–H and O–H groups in total. The minimum absolute atomic E-state index is 0.207. The topological polar surface area (TPSA) is 66.2 Å². The highest BCUT2D eigenvalue weighted by Crippen LogP contribution is 2.19. The van der Waals surface area contributed by atoms with E-state index in [0.717, 1.165) is 12.1 Å². The van der Waals surface area contributed by atoms with Crippen molar-refractivity contribution in [2.45, 2.75) is 60.9 Å². The molecule has 138 valence electrons. The van der Waals surface area contributed by atoms with Crippen LogP contribution in [-0.4, -0.2) is 47.2 Å². The molecule has 6 nitrogen and oxygen atoms in total. The Bertz CT molecular complexity index is 498. The summed E-state index contributed by atoms with van der Waals surface area (Å²) in [4.78, 5) is 11.7. The van der Waals surface area contributed by atoms with Crippen LogP contribution in [0, 0.1) is 10.8 Å². The van der Waals surface area contributed by atoms with Crippen molar-refractivity contribution in [3.8, 4) is 0 Å². The van der Waals surface area contributed by atoms with Gasteiger partial charge in [-0.25, -0.2) is 4.68 Å². The third-order valence-corrected chi connectivity index (χ3v) is 3.54. The molecule has 0 aliphatic rings. The van der Waals surface area contributed by atoms with E-state index in [4.69, 9.17) is 9.47 Å². The lowest BCUT2D eigenvalue weighted by molar-refractivity contribution is -0.127. The number of hydrogen-bond donors (Lipinski definition) is 0. The molecule has 0 aliphatic heterocycles. The molecule has 0 unspecified atom stereocenters. The molecular weight excluding hydrogens is 306 g/mol. The van der Waals surface area contributed by atoms with Gasteiger partial charge in [-0.2, -0.15) is 0 Å². The van der Waals surface area contributed by atoms with Crippen LogP contribution in [0.25, 0.3) is 0 Å². The Balaban J connectivity index is 2.11. The smallest absolute Gasteiger partial charge is 0.140 e. The number of carbonyl (C=O) groups is 1. The molecule has 0 spiro atoms. The highest BCUT2D eigenvalue weighted by atomic mass is 16.5. The van der Waals surface area contributed by atoms with E-state index in [0.29, 0.717) is 39.4 Å². The van der Waals surface area contributed by atoms with Crippen molar-refractivity contribution in [1.82, 2.24) is 15.0 Å². The number of ether oxygens (including phenoxy) is 2. The van der Waals surface area contributed by atoms with Gasteiger partial charge in [0.05, 0.1) is 44.9 Å². The van der Waals surface area contributed by atoms with Crippen LogP contribution in [0.4, 0.5) is 0 Å². The molecule has 0 fully saturated rings. The van der Waals surface area contributed by atoms with Crippen LogP contribution < -0.4 is 0 Å². The van der Waals surface area contributed by atoms with Gasteiger partial charge in [-0.15, -0.1) is 5.10 Å². The third kappa shape index (κ3) is 8.55. The Morgan fingerprint density at radius 3 is 2.25 bits per heavy atom. The molecular formula is C18H33N3O3. The van der Waals surface area contributed by atoms with Gasteiger partial charge < -0.3 is 9.47 Å². The normalized spacial score (nSPS) is 12.6. The lowest BCUT2D eigenvalue weighted by atomic mass is 9.89. The minimum Gasteiger partial charge on any atom is -0.379 e. The number of ketones is 1. The van der Waals surface area contributed by atoms with Crippen LogP contribution >= 0.6 is 0 Å². The molecule has 1 heterocycles. The van der Waals surface area contributed by atoms with Crippen LogP contribution in [0.15, 0.2) is 6.20 Å². The zero-order valence-corrected chi connectivity index (χ0v) is 16.1. The molecule has 0 bridgehead atoms. The summed E-state index contributed by atoms with van der Waals surface area (Å²) in [5.41, 5.74) is 1.05. The first kappa shape index (κ1) is 20.8. The third-order valence-electron chi connectivity index (χ3n) is 3.54. The zero-order chi connectivity index (χ0) is 18.2. The van der Waals surface area contributed by atoms with Gasteiger partial charge in [0.25, 0.3) is 0 Å². The maximum atomic E-state index is 11.7. The Morgan fingerprint density at radius 2 is 1.67 bits per heavy atom. The lowest BCUT2D eigenvalue weighted by Gasteiger charge is -2.18. The van der Waals surface area contributed by atoms with Crippen molar-refractivity contribution >= 4 is 5.78 Å². The molecule has 0 amide bonds. The van der Waals surface area contributed by atoms with Crippen molar-refractivity contribution in [2.75, 3.05) is 26.4 Å². The van der Waals surface area contributed by atoms with Crippen LogP contribution in [0.3, 0.4) is 0 Å². The van der Waals surface area contributed by atoms with E-state index < -0.39 is 0 Å². The standard InChI is InChI=1S/C18H33N3O3/c1-17(2,3)13-15-14-19-20-21(15)8-10-24-12-11-23-9-7-16(22)18(4,5)6/h14H,7-13H2,1-6H3. The second-order valence-electron chi connectivity index (χ2n) is 8.33. The van der Waals surface area contributed by atoms with Crippen molar-refractivity contribution in [3.63, 3.8) is 0 Å². The summed E-state index contributed by atoms with van der Waals surface area (Å²) in [7, 11) is 0. The first-order chi connectivity index (χ1) is 11.1. The summed E-state index contributed by atoms with van der Waals surface area (Å²) >= 11 is 0. The van der Waals surface area contributed by atoms with Gasteiger partial charge in [-0.05, 0) is 11.8 Å². The van der Waals surface area contributed by atoms with Gasteiger partial charge in [-0.1, -0.05) is 46.8 Å². The molecule has 0 saturated carbocycles. The van der Waals surface area contributed by atoms with Crippen molar-refractivity contribution in [3.05, 3.63) is 11.9 Å². The quantitative estimate of drug-likeness (QED) is 0.613. The Kier molecular flexibility index (Phi) is 8.03. The molecule has 6 heteroatoms. The molecule has 1 aromatic rings. The Labute approximate surface area is 145 Å². The number of carbonyl (C=O) groups excluding carboxylic acids is 1. The van der Waals surface area contributed by atoms with E-state index in [1.807, 2.05) is 31.6 Å². The summed E-state index contributed by atoms with van der Waals surface area (Å²) in [5, 5.41) is 8.09. The molecule has 0 radical (unpaired) electrons. The first-order valence-corrected chi connectivity index (χ1v) is 8.66. The van der Waals surface area contributed by atoms with Gasteiger partial charge in [0, 0.05) is 11.8 Å². The first-order valence-electron chi connectivity index (χ1n) is 8.66. The molecule has 0 aromatic carbocycles. The fourth-order valence-corrected chi connectivity index (χ4v) is 2.16. The van der Waals surface area contributed by atoms with Crippen LogP contribution in [0.1, 0.15) is 53.7 Å². The Hall–Kier alpha value is -1.27. The zero-order valence-electron chi connectivity index (χ0n) is 16.1. The Morgan fingerprint density at radius 1 is 1.04 bits per heavy atom. The molecule has 0 saturated heterocycles. The van der Waals surface area contributed by atoms with E-state index in [1.165, 1.54) is 0 Å². The molecule has 1 aromatic heterocycles. The fraction of sp³-hybridized carbons (Fsp3) is 0.833. The number of Topliss-reactive ketones (excluding diaryl/α,β-unsaturated/α-hetero) is 1. The van der Waals surface area contributed by atoms with Crippen LogP contribution in [-0.2, 0) is 27.2 Å². The molecule has 1 rings (SSSR count). The average molecular weight is 339 g/mol. The summed E-state index contributed by atoms with van der Waals surface area (Å²) in [5.74, 6) is 0.223. The highest BCUT2D eigenvalue weighted by Gasteiger charge is 2.20. The molecule has 24 heavy (non-hydrogen) atoms. The van der Waals surface area contributed by atoms with Gasteiger partial charge in [-0.3, -0.25) is 4.79 Å². The number of hydrogen-bond acceptors (Lipinski definition) is 5. The van der Waals surface area contributed by atoms with E-state index >= 15 is 0 Å². The second-order valence-corrected chi connectivity index (χ2v) is 8.33. The van der Waals surface area contributed by atoms with E-state index in [1.54, 1.807) is 0 Å². The molecule has 0 aliphatic carbocycles. The monoisotopic (exact) mass is 339 g/mol.